The van der Waals surface area contributed by atoms with Gasteiger partial charge in [0, 0.05) is 13.0 Å². The molecule has 0 radical (unpaired) electrons. The number of hydrogen-bond acceptors (Lipinski definition) is 4. The number of carbonyl (C=O) groups is 2. The van der Waals surface area contributed by atoms with Gasteiger partial charge >= 0.3 is 5.97 Å². The van der Waals surface area contributed by atoms with Gasteiger partial charge in [0.25, 0.3) is 0 Å². The fraction of sp³-hybridized carbons (Fsp3) is 0.846. The van der Waals surface area contributed by atoms with Gasteiger partial charge in [0.15, 0.2) is 6.10 Å². The summed E-state index contributed by atoms with van der Waals surface area (Å²) in [6.07, 6.45) is 2.78. The molecule has 0 spiro atoms. The molecule has 2 heterocycles. The highest BCUT2D eigenvalue weighted by atomic mass is 16.5. The van der Waals surface area contributed by atoms with Crippen molar-refractivity contribution in [1.82, 2.24) is 4.90 Å². The Morgan fingerprint density at radius 1 is 1.37 bits per heavy atom. The maximum atomic E-state index is 12.0. The van der Waals surface area contributed by atoms with Crippen molar-refractivity contribution in [2.75, 3.05) is 19.7 Å². The van der Waals surface area contributed by atoms with Crippen molar-refractivity contribution in [3.05, 3.63) is 0 Å². The average Bonchev–Trinajstić information content (AvgIpc) is 2.82. The van der Waals surface area contributed by atoms with Crippen LogP contribution in [0.3, 0.4) is 0 Å². The first kappa shape index (κ1) is 14.3. The number of nitrogens with zero attached hydrogens (tertiary/aromatic N) is 1. The van der Waals surface area contributed by atoms with E-state index in [4.69, 9.17) is 14.6 Å². The number of hydrogen-bond donors (Lipinski definition) is 1. The van der Waals surface area contributed by atoms with Gasteiger partial charge in [-0.2, -0.15) is 0 Å². The van der Waals surface area contributed by atoms with Crippen molar-refractivity contribution in [3.63, 3.8) is 0 Å². The molecular formula is C13H21NO5. The molecule has 0 unspecified atom stereocenters. The quantitative estimate of drug-likeness (QED) is 0.812. The average molecular weight is 271 g/mol. The minimum Gasteiger partial charge on any atom is -0.479 e. The molecule has 0 aliphatic carbocycles. The highest BCUT2D eigenvalue weighted by molar-refractivity contribution is 5.78. The third-order valence-corrected chi connectivity index (χ3v) is 3.69. The molecule has 2 fully saturated rings. The second kappa shape index (κ2) is 6.34. The van der Waals surface area contributed by atoms with Crippen LogP contribution in [0.25, 0.3) is 0 Å². The SMILES string of the molecule is C[C@@H]1CC[C@H](CCC(=O)N2CCO[C@H](C(=O)O)C2)O1. The lowest BCUT2D eigenvalue weighted by atomic mass is 10.1. The molecule has 19 heavy (non-hydrogen) atoms. The Morgan fingerprint density at radius 2 is 2.16 bits per heavy atom. The monoisotopic (exact) mass is 271 g/mol. The number of carbonyl (C=O) groups excluding carboxylic acids is 1. The number of rotatable bonds is 4. The van der Waals surface area contributed by atoms with Crippen LogP contribution in [0.15, 0.2) is 0 Å². The van der Waals surface area contributed by atoms with Crippen LogP contribution in [0.1, 0.15) is 32.6 Å². The molecule has 0 aromatic rings. The highest BCUT2D eigenvalue weighted by Gasteiger charge is 2.29. The standard InChI is InChI=1S/C13H21NO5/c1-9-2-3-10(19-9)4-5-12(15)14-6-7-18-11(8-14)13(16)17/h9-11H,2-8H2,1H3,(H,16,17)/t9-,10-,11+/m1/s1. The summed E-state index contributed by atoms with van der Waals surface area (Å²) in [5, 5.41) is 8.89. The fourth-order valence-corrected chi connectivity index (χ4v) is 2.57. The molecule has 1 N–H and O–H groups in total. The van der Waals surface area contributed by atoms with Crippen LogP contribution in [-0.2, 0) is 19.1 Å². The predicted molar refractivity (Wildman–Crippen MR) is 66.8 cm³/mol. The zero-order chi connectivity index (χ0) is 13.8. The summed E-state index contributed by atoms with van der Waals surface area (Å²) in [5.74, 6) is -1.01. The van der Waals surface area contributed by atoms with E-state index in [-0.39, 0.29) is 18.6 Å². The van der Waals surface area contributed by atoms with Gasteiger partial charge in [0.1, 0.15) is 0 Å². The molecule has 0 bridgehead atoms. The third kappa shape index (κ3) is 3.91. The number of amides is 1. The topological polar surface area (TPSA) is 76.1 Å². The first-order valence-electron chi connectivity index (χ1n) is 6.84. The van der Waals surface area contributed by atoms with Crippen molar-refractivity contribution in [2.24, 2.45) is 0 Å². The van der Waals surface area contributed by atoms with Crippen molar-refractivity contribution >= 4 is 11.9 Å². The molecule has 2 aliphatic heterocycles. The van der Waals surface area contributed by atoms with Crippen LogP contribution < -0.4 is 0 Å². The molecule has 2 saturated heterocycles. The first-order chi connectivity index (χ1) is 9.06. The molecule has 0 aromatic carbocycles. The van der Waals surface area contributed by atoms with E-state index in [0.29, 0.717) is 25.7 Å². The van der Waals surface area contributed by atoms with E-state index in [9.17, 15) is 9.59 Å². The molecule has 1 amide bonds. The molecule has 0 aromatic heterocycles. The van der Waals surface area contributed by atoms with E-state index in [1.54, 1.807) is 4.90 Å². The van der Waals surface area contributed by atoms with Crippen LogP contribution in [0, 0.1) is 0 Å². The maximum absolute atomic E-state index is 12.0. The Bertz CT molecular complexity index is 346. The lowest BCUT2D eigenvalue weighted by Crippen LogP contribution is -2.48. The van der Waals surface area contributed by atoms with Gasteiger partial charge in [0.05, 0.1) is 25.4 Å². The molecule has 0 saturated carbocycles. The van der Waals surface area contributed by atoms with Crippen molar-refractivity contribution < 1.29 is 24.2 Å². The van der Waals surface area contributed by atoms with E-state index in [2.05, 4.69) is 0 Å². The Kier molecular flexibility index (Phi) is 4.76. The lowest BCUT2D eigenvalue weighted by molar-refractivity contribution is -0.159. The Morgan fingerprint density at radius 3 is 2.79 bits per heavy atom. The second-order valence-corrected chi connectivity index (χ2v) is 5.22. The number of carboxylic acid groups (broad SMARTS) is 1. The zero-order valence-electron chi connectivity index (χ0n) is 11.2. The number of carboxylic acids is 1. The van der Waals surface area contributed by atoms with Gasteiger partial charge in [-0.1, -0.05) is 0 Å². The van der Waals surface area contributed by atoms with Crippen molar-refractivity contribution in [1.29, 1.82) is 0 Å². The normalized spacial score (nSPS) is 31.4. The second-order valence-electron chi connectivity index (χ2n) is 5.22. The first-order valence-corrected chi connectivity index (χ1v) is 6.84. The largest absolute Gasteiger partial charge is 0.479 e. The number of ether oxygens (including phenoxy) is 2. The summed E-state index contributed by atoms with van der Waals surface area (Å²) < 4.78 is 10.8. The van der Waals surface area contributed by atoms with Crippen LogP contribution in [0.5, 0.6) is 0 Å². The Hall–Kier alpha value is -1.14. The van der Waals surface area contributed by atoms with Crippen molar-refractivity contribution in [3.8, 4) is 0 Å². The summed E-state index contributed by atoms with van der Waals surface area (Å²) in [4.78, 5) is 24.5. The van der Waals surface area contributed by atoms with Crippen LogP contribution >= 0.6 is 0 Å². The molecule has 3 atom stereocenters. The zero-order valence-corrected chi connectivity index (χ0v) is 11.2. The minimum atomic E-state index is -1.01. The van der Waals surface area contributed by atoms with Gasteiger partial charge in [-0.25, -0.2) is 4.79 Å². The van der Waals surface area contributed by atoms with E-state index < -0.39 is 12.1 Å². The molecule has 108 valence electrons. The molecule has 2 aliphatic rings. The number of aliphatic carboxylic acids is 1. The highest BCUT2D eigenvalue weighted by Crippen LogP contribution is 2.23. The smallest absolute Gasteiger partial charge is 0.334 e. The van der Waals surface area contributed by atoms with Gasteiger partial charge in [-0.15, -0.1) is 0 Å². The minimum absolute atomic E-state index is 0.00213. The Balaban J connectivity index is 1.74. The van der Waals surface area contributed by atoms with E-state index in [1.165, 1.54) is 0 Å². The van der Waals surface area contributed by atoms with E-state index in [1.807, 2.05) is 6.92 Å². The van der Waals surface area contributed by atoms with Gasteiger partial charge < -0.3 is 19.5 Å². The van der Waals surface area contributed by atoms with Crippen LogP contribution in [0.2, 0.25) is 0 Å². The summed E-state index contributed by atoms with van der Waals surface area (Å²) in [6, 6.07) is 0. The molecular weight excluding hydrogens is 250 g/mol. The molecule has 6 nitrogen and oxygen atoms in total. The van der Waals surface area contributed by atoms with Crippen molar-refractivity contribution in [2.45, 2.75) is 50.9 Å². The number of morpholine rings is 1. The molecule has 6 heteroatoms. The van der Waals surface area contributed by atoms with E-state index in [0.717, 1.165) is 19.3 Å². The van der Waals surface area contributed by atoms with Crippen LogP contribution in [-0.4, -0.2) is 59.9 Å². The summed E-state index contributed by atoms with van der Waals surface area (Å²) in [5.41, 5.74) is 0. The maximum Gasteiger partial charge on any atom is 0.334 e. The van der Waals surface area contributed by atoms with Gasteiger partial charge in [-0.3, -0.25) is 4.79 Å². The summed E-state index contributed by atoms with van der Waals surface area (Å²) >= 11 is 0. The fourth-order valence-electron chi connectivity index (χ4n) is 2.57. The summed E-state index contributed by atoms with van der Waals surface area (Å²) in [7, 11) is 0. The molecule has 2 rings (SSSR count). The van der Waals surface area contributed by atoms with Crippen LogP contribution in [0.4, 0.5) is 0 Å². The lowest BCUT2D eigenvalue weighted by Gasteiger charge is -2.31. The van der Waals surface area contributed by atoms with Gasteiger partial charge in [0.2, 0.25) is 5.91 Å². The summed E-state index contributed by atoms with van der Waals surface area (Å²) in [6.45, 7) is 2.96. The van der Waals surface area contributed by atoms with Gasteiger partial charge in [-0.05, 0) is 26.2 Å². The Labute approximate surface area is 112 Å². The third-order valence-electron chi connectivity index (χ3n) is 3.69. The predicted octanol–water partition coefficient (Wildman–Crippen LogP) is 0.646. The van der Waals surface area contributed by atoms with E-state index >= 15 is 0 Å².